The molecule has 0 spiro atoms. The second-order valence-corrected chi connectivity index (χ2v) is 8.13. The normalized spacial score (nSPS) is 10.6. The first-order valence-corrected chi connectivity index (χ1v) is 10.9. The summed E-state index contributed by atoms with van der Waals surface area (Å²) in [6.45, 7) is 3.53. The lowest BCUT2D eigenvalue weighted by atomic mass is 10.0. The van der Waals surface area contributed by atoms with Crippen LogP contribution in [0.15, 0.2) is 63.8 Å². The van der Waals surface area contributed by atoms with Crippen LogP contribution in [0.2, 0.25) is 0 Å². The number of hydrogen-bond donors (Lipinski definition) is 1. The minimum absolute atomic E-state index is 0.204. The van der Waals surface area contributed by atoms with Gasteiger partial charge < -0.3 is 14.5 Å². The van der Waals surface area contributed by atoms with Crippen LogP contribution in [0.1, 0.15) is 38.1 Å². The second kappa shape index (κ2) is 9.10. The molecule has 0 unspecified atom stereocenters. The van der Waals surface area contributed by atoms with E-state index in [0.29, 0.717) is 22.3 Å². The molecule has 0 aliphatic heterocycles. The molecule has 1 N–H and O–H groups in total. The molecule has 0 aliphatic rings. The topological polar surface area (TPSA) is 109 Å². The fraction of sp³-hybridized carbons (Fsp3) is 0.120. The number of amides is 1. The number of nitrogens with one attached hydrogen (secondary N) is 1. The summed E-state index contributed by atoms with van der Waals surface area (Å²) in [5.74, 6) is -1.02. The Bertz CT molecular complexity index is 1490. The third-order valence-corrected chi connectivity index (χ3v) is 6.21. The van der Waals surface area contributed by atoms with Gasteiger partial charge in [0.25, 0.3) is 5.91 Å². The Hall–Kier alpha value is -4.22. The van der Waals surface area contributed by atoms with Crippen LogP contribution in [0.4, 0.5) is 5.00 Å². The van der Waals surface area contributed by atoms with Gasteiger partial charge in [-0.3, -0.25) is 4.79 Å². The Morgan fingerprint density at radius 1 is 1.15 bits per heavy atom. The molecule has 8 heteroatoms. The van der Waals surface area contributed by atoms with Gasteiger partial charge in [-0.15, -0.1) is 11.3 Å². The largest absolute Gasteiger partial charge is 0.462 e. The van der Waals surface area contributed by atoms with Crippen LogP contribution in [0.5, 0.6) is 0 Å². The van der Waals surface area contributed by atoms with Crippen molar-refractivity contribution in [3.05, 3.63) is 86.6 Å². The zero-order chi connectivity index (χ0) is 23.5. The molecular formula is C25H18N2O5S. The number of fused-ring (bicyclic) bond motifs is 1. The Morgan fingerprint density at radius 2 is 1.94 bits per heavy atom. The molecule has 7 nitrogen and oxygen atoms in total. The Labute approximate surface area is 192 Å². The van der Waals surface area contributed by atoms with Crippen molar-refractivity contribution >= 4 is 39.2 Å². The van der Waals surface area contributed by atoms with Crippen LogP contribution in [0.25, 0.3) is 22.1 Å². The number of hydrogen-bond acceptors (Lipinski definition) is 7. The van der Waals surface area contributed by atoms with Crippen LogP contribution in [0, 0.1) is 18.3 Å². The summed E-state index contributed by atoms with van der Waals surface area (Å²) in [7, 11) is 0. The van der Waals surface area contributed by atoms with E-state index < -0.39 is 17.5 Å². The quantitative estimate of drug-likeness (QED) is 0.328. The van der Waals surface area contributed by atoms with Gasteiger partial charge in [0.2, 0.25) is 0 Å². The Kier molecular flexibility index (Phi) is 6.07. The molecule has 0 bridgehead atoms. The summed E-state index contributed by atoms with van der Waals surface area (Å²) >= 11 is 0.992. The van der Waals surface area contributed by atoms with E-state index in [2.05, 4.69) is 5.32 Å². The highest BCUT2D eigenvalue weighted by Gasteiger charge is 2.22. The van der Waals surface area contributed by atoms with Crippen molar-refractivity contribution in [1.29, 1.82) is 5.26 Å². The third-order valence-electron chi connectivity index (χ3n) is 5.02. The minimum Gasteiger partial charge on any atom is -0.462 e. The first-order chi connectivity index (χ1) is 15.9. The van der Waals surface area contributed by atoms with Gasteiger partial charge in [0.1, 0.15) is 21.5 Å². The molecular weight excluding hydrogens is 440 g/mol. The molecule has 164 valence electrons. The predicted octanol–water partition coefficient (Wildman–Crippen LogP) is 5.13. The van der Waals surface area contributed by atoms with Crippen molar-refractivity contribution < 1.29 is 18.7 Å². The smallest absolute Gasteiger partial charge is 0.348 e. The van der Waals surface area contributed by atoms with E-state index in [9.17, 15) is 19.6 Å². The highest BCUT2D eigenvalue weighted by molar-refractivity contribution is 7.18. The number of para-hydroxylation sites is 1. The number of carbonyl (C=O) groups excluding carboxylic acids is 2. The van der Waals surface area contributed by atoms with Crippen molar-refractivity contribution in [1.82, 2.24) is 0 Å². The minimum atomic E-state index is -0.540. The van der Waals surface area contributed by atoms with Gasteiger partial charge >= 0.3 is 11.6 Å². The van der Waals surface area contributed by atoms with Crippen molar-refractivity contribution in [3.8, 4) is 17.2 Å². The van der Waals surface area contributed by atoms with E-state index in [0.717, 1.165) is 16.7 Å². The number of anilines is 1. The molecule has 0 fully saturated rings. The Morgan fingerprint density at radius 3 is 2.70 bits per heavy atom. The van der Waals surface area contributed by atoms with Crippen molar-refractivity contribution in [2.75, 3.05) is 11.9 Å². The summed E-state index contributed by atoms with van der Waals surface area (Å²) < 4.78 is 10.4. The zero-order valence-corrected chi connectivity index (χ0v) is 18.6. The number of esters is 1. The molecule has 0 radical (unpaired) electrons. The fourth-order valence-electron chi connectivity index (χ4n) is 3.39. The summed E-state index contributed by atoms with van der Waals surface area (Å²) in [5, 5.41) is 13.3. The molecule has 0 aliphatic carbocycles. The van der Waals surface area contributed by atoms with Crippen LogP contribution in [-0.2, 0) is 4.74 Å². The van der Waals surface area contributed by atoms with E-state index in [-0.39, 0.29) is 27.6 Å². The van der Waals surface area contributed by atoms with Gasteiger partial charge in [-0.05, 0) is 49.2 Å². The second-order valence-electron chi connectivity index (χ2n) is 7.11. The van der Waals surface area contributed by atoms with Crippen molar-refractivity contribution in [2.24, 2.45) is 0 Å². The van der Waals surface area contributed by atoms with E-state index in [4.69, 9.17) is 9.15 Å². The standard InChI is InChI=1S/C25H18N2O5S/c1-3-31-25(30)21-14(2)19(13-26)23(33-21)27-22(28)17-9-6-8-15(11-17)18-12-16-7-4-5-10-20(16)32-24(18)29/h4-12H,3H2,1-2H3,(H,27,28). The number of carbonyl (C=O) groups is 2. The molecule has 0 saturated heterocycles. The van der Waals surface area contributed by atoms with Gasteiger partial charge in [0.15, 0.2) is 0 Å². The lowest BCUT2D eigenvalue weighted by Crippen LogP contribution is -2.12. The number of rotatable bonds is 5. The first kappa shape index (κ1) is 22.0. The van der Waals surface area contributed by atoms with Gasteiger partial charge in [-0.1, -0.05) is 30.3 Å². The highest BCUT2D eigenvalue weighted by Crippen LogP contribution is 2.33. The molecule has 1 amide bonds. The van der Waals surface area contributed by atoms with Crippen LogP contribution in [-0.4, -0.2) is 18.5 Å². The lowest BCUT2D eigenvalue weighted by Gasteiger charge is -2.07. The average molecular weight is 458 g/mol. The van der Waals surface area contributed by atoms with Gasteiger partial charge in [-0.2, -0.15) is 5.26 Å². The van der Waals surface area contributed by atoms with Crippen LogP contribution < -0.4 is 10.9 Å². The summed E-state index contributed by atoms with van der Waals surface area (Å²) in [5.41, 5.74) is 1.78. The zero-order valence-electron chi connectivity index (χ0n) is 17.8. The maximum atomic E-state index is 12.9. The van der Waals surface area contributed by atoms with E-state index >= 15 is 0 Å². The molecule has 33 heavy (non-hydrogen) atoms. The molecule has 0 atom stereocenters. The molecule has 2 aromatic carbocycles. The number of nitriles is 1. The van der Waals surface area contributed by atoms with E-state index in [1.54, 1.807) is 56.3 Å². The summed E-state index contributed by atoms with van der Waals surface area (Å²) in [4.78, 5) is 37.9. The van der Waals surface area contributed by atoms with Crippen molar-refractivity contribution in [3.63, 3.8) is 0 Å². The van der Waals surface area contributed by atoms with Gasteiger partial charge in [0, 0.05) is 10.9 Å². The predicted molar refractivity (Wildman–Crippen MR) is 126 cm³/mol. The van der Waals surface area contributed by atoms with E-state index in [1.807, 2.05) is 18.2 Å². The van der Waals surface area contributed by atoms with Gasteiger partial charge in [0.05, 0.1) is 17.7 Å². The molecule has 0 saturated carbocycles. The summed E-state index contributed by atoms with van der Waals surface area (Å²) in [6.07, 6.45) is 0. The monoisotopic (exact) mass is 458 g/mol. The van der Waals surface area contributed by atoms with Crippen LogP contribution >= 0.6 is 11.3 Å². The maximum absolute atomic E-state index is 12.9. The highest BCUT2D eigenvalue weighted by atomic mass is 32.1. The number of nitrogens with zero attached hydrogens (tertiary/aromatic N) is 1. The first-order valence-electron chi connectivity index (χ1n) is 10.1. The number of benzene rings is 2. The molecule has 4 rings (SSSR count). The number of thiophene rings is 1. The molecule has 4 aromatic rings. The van der Waals surface area contributed by atoms with Crippen LogP contribution in [0.3, 0.4) is 0 Å². The molecule has 2 heterocycles. The fourth-order valence-corrected chi connectivity index (χ4v) is 4.44. The third kappa shape index (κ3) is 4.27. The number of ether oxygens (including phenoxy) is 1. The van der Waals surface area contributed by atoms with E-state index in [1.165, 1.54) is 0 Å². The SMILES string of the molecule is CCOC(=O)c1sc(NC(=O)c2cccc(-c3cc4ccccc4oc3=O)c2)c(C#N)c1C. The summed E-state index contributed by atoms with van der Waals surface area (Å²) in [6, 6.07) is 17.5. The van der Waals surface area contributed by atoms with Crippen molar-refractivity contribution in [2.45, 2.75) is 13.8 Å². The maximum Gasteiger partial charge on any atom is 0.348 e. The molecule has 2 aromatic heterocycles. The van der Waals surface area contributed by atoms with Gasteiger partial charge in [-0.25, -0.2) is 9.59 Å². The average Bonchev–Trinajstić information content (AvgIpc) is 3.13. The Balaban J connectivity index is 1.67. The lowest BCUT2D eigenvalue weighted by molar-refractivity contribution is 0.0531.